The molecule has 0 aliphatic heterocycles. The number of rotatable bonds is 4. The normalized spacial score (nSPS) is 11.9. The van der Waals surface area contributed by atoms with Crippen LogP contribution in [-0.2, 0) is 20.8 Å². The van der Waals surface area contributed by atoms with Crippen LogP contribution in [0, 0.1) is 0 Å². The van der Waals surface area contributed by atoms with Crippen molar-refractivity contribution in [3.8, 4) is 0 Å². The van der Waals surface area contributed by atoms with Gasteiger partial charge < -0.3 is 10.1 Å². The number of carbonyl (C=O) groups is 3. The lowest BCUT2D eigenvalue weighted by Crippen LogP contribution is -2.48. The molecule has 0 fully saturated rings. The molecule has 1 heterocycles. The fourth-order valence-corrected chi connectivity index (χ4v) is 1.55. The summed E-state index contributed by atoms with van der Waals surface area (Å²) in [5.74, 6) is -2.42. The van der Waals surface area contributed by atoms with Crippen LogP contribution in [0.3, 0.4) is 0 Å². The summed E-state index contributed by atoms with van der Waals surface area (Å²) >= 11 is 0. The number of aromatic nitrogens is 2. The summed E-state index contributed by atoms with van der Waals surface area (Å²) < 4.78 is 0. The second-order valence-electron chi connectivity index (χ2n) is 3.54. The number of nitrogens with one attached hydrogen (secondary N) is 1. The summed E-state index contributed by atoms with van der Waals surface area (Å²) in [5, 5.41) is 9.06. The fraction of sp³-hybridized carbons (Fsp3) is 0.400. The molecule has 0 aromatic carbocycles. The van der Waals surface area contributed by atoms with Crippen LogP contribution >= 0.6 is 0 Å². The van der Waals surface area contributed by atoms with Gasteiger partial charge >= 0.3 is 5.97 Å². The van der Waals surface area contributed by atoms with E-state index >= 15 is 0 Å². The Hall–Kier alpha value is -2.18. The van der Waals surface area contributed by atoms with Gasteiger partial charge in [-0.25, -0.2) is 9.78 Å². The fourth-order valence-electron chi connectivity index (χ4n) is 1.55. The van der Waals surface area contributed by atoms with Crippen molar-refractivity contribution in [2.45, 2.75) is 26.3 Å². The van der Waals surface area contributed by atoms with Crippen molar-refractivity contribution >= 4 is 17.8 Å². The van der Waals surface area contributed by atoms with Gasteiger partial charge in [-0.15, -0.1) is 0 Å². The first-order chi connectivity index (χ1) is 7.93. The Morgan fingerprint density at radius 1 is 1.41 bits per heavy atom. The number of aliphatic carboxylic acids is 1. The number of carboxylic acids is 1. The van der Waals surface area contributed by atoms with E-state index in [0.29, 0.717) is 5.69 Å². The van der Waals surface area contributed by atoms with Gasteiger partial charge in [-0.05, 0) is 0 Å². The maximum Gasteiger partial charge on any atom is 0.327 e. The van der Waals surface area contributed by atoms with Crippen molar-refractivity contribution in [3.05, 3.63) is 18.2 Å². The van der Waals surface area contributed by atoms with Gasteiger partial charge in [0, 0.05) is 32.2 Å². The first kappa shape index (κ1) is 12.9. The molecule has 0 saturated carbocycles. The average Bonchev–Trinajstić information content (AvgIpc) is 2.67. The molecule has 92 valence electrons. The molecule has 0 radical (unpaired) electrons. The summed E-state index contributed by atoms with van der Waals surface area (Å²) in [5.41, 5.74) is 0.546. The van der Waals surface area contributed by atoms with Crippen LogP contribution in [0.15, 0.2) is 12.5 Å². The van der Waals surface area contributed by atoms with Gasteiger partial charge in [-0.3, -0.25) is 14.5 Å². The zero-order valence-electron chi connectivity index (χ0n) is 9.51. The molecule has 2 amide bonds. The lowest BCUT2D eigenvalue weighted by molar-refractivity contribution is -0.156. The Kier molecular flexibility index (Phi) is 3.97. The minimum atomic E-state index is -1.23. The molecule has 7 heteroatoms. The Morgan fingerprint density at radius 3 is 2.35 bits per heavy atom. The standard InChI is InChI=1S/C10H13N3O4/c1-6(14)13(7(2)15)9(10(16)17)3-8-4-11-5-12-8/h4-5,9H,3H2,1-2H3,(H,11,12)(H,16,17). The molecule has 0 saturated heterocycles. The van der Waals surface area contributed by atoms with E-state index in [9.17, 15) is 14.4 Å². The van der Waals surface area contributed by atoms with E-state index in [0.717, 1.165) is 18.7 Å². The molecule has 7 nitrogen and oxygen atoms in total. The highest BCUT2D eigenvalue weighted by atomic mass is 16.4. The van der Waals surface area contributed by atoms with E-state index in [1.54, 1.807) is 0 Å². The number of amides is 2. The van der Waals surface area contributed by atoms with Gasteiger partial charge in [0.05, 0.1) is 6.33 Å². The summed E-state index contributed by atoms with van der Waals surface area (Å²) in [7, 11) is 0. The molecule has 1 rings (SSSR count). The smallest absolute Gasteiger partial charge is 0.327 e. The highest BCUT2D eigenvalue weighted by molar-refractivity contribution is 5.97. The minimum absolute atomic E-state index is 0.00843. The lowest BCUT2D eigenvalue weighted by Gasteiger charge is -2.24. The van der Waals surface area contributed by atoms with Crippen LogP contribution in [0.5, 0.6) is 0 Å². The molecule has 1 aromatic rings. The van der Waals surface area contributed by atoms with Crippen molar-refractivity contribution in [2.75, 3.05) is 0 Å². The van der Waals surface area contributed by atoms with Crippen molar-refractivity contribution in [1.29, 1.82) is 0 Å². The second-order valence-corrected chi connectivity index (χ2v) is 3.54. The second kappa shape index (κ2) is 5.24. The number of hydrogen-bond acceptors (Lipinski definition) is 4. The van der Waals surface area contributed by atoms with E-state index in [-0.39, 0.29) is 6.42 Å². The number of carboxylic acid groups (broad SMARTS) is 1. The Balaban J connectivity index is 2.95. The van der Waals surface area contributed by atoms with Gasteiger partial charge in [-0.1, -0.05) is 0 Å². The maximum absolute atomic E-state index is 11.3. The molecule has 0 bridgehead atoms. The number of carbonyl (C=O) groups excluding carboxylic acids is 2. The SMILES string of the molecule is CC(=O)N(C(C)=O)C(Cc1cnc[nH]1)C(=O)O. The van der Waals surface area contributed by atoms with Crippen molar-refractivity contribution in [2.24, 2.45) is 0 Å². The number of hydrogen-bond donors (Lipinski definition) is 2. The number of imide groups is 1. The topological polar surface area (TPSA) is 103 Å². The van der Waals surface area contributed by atoms with Gasteiger partial charge in [0.25, 0.3) is 0 Å². The van der Waals surface area contributed by atoms with E-state index < -0.39 is 23.8 Å². The summed E-state index contributed by atoms with van der Waals surface area (Å²) in [6, 6.07) is -1.22. The average molecular weight is 239 g/mol. The van der Waals surface area contributed by atoms with Crippen LogP contribution in [0.2, 0.25) is 0 Å². The third-order valence-electron chi connectivity index (χ3n) is 2.24. The summed E-state index contributed by atoms with van der Waals surface area (Å²) in [6.07, 6.45) is 2.86. The van der Waals surface area contributed by atoms with Gasteiger partial charge in [-0.2, -0.15) is 0 Å². The van der Waals surface area contributed by atoms with Gasteiger partial charge in [0.15, 0.2) is 0 Å². The number of nitrogens with zero attached hydrogens (tertiary/aromatic N) is 2. The van der Waals surface area contributed by atoms with E-state index in [4.69, 9.17) is 5.11 Å². The highest BCUT2D eigenvalue weighted by Crippen LogP contribution is 2.08. The predicted octanol–water partition coefficient (Wildman–Crippen LogP) is -0.200. The molecule has 0 spiro atoms. The van der Waals surface area contributed by atoms with Crippen LogP contribution in [0.25, 0.3) is 0 Å². The Bertz CT molecular complexity index is 413. The number of aromatic amines is 1. The quantitative estimate of drug-likeness (QED) is 0.757. The molecular weight excluding hydrogens is 226 g/mol. The zero-order valence-corrected chi connectivity index (χ0v) is 9.51. The van der Waals surface area contributed by atoms with Gasteiger partial charge in [0.1, 0.15) is 6.04 Å². The van der Waals surface area contributed by atoms with E-state index in [2.05, 4.69) is 9.97 Å². The van der Waals surface area contributed by atoms with Crippen molar-refractivity contribution < 1.29 is 19.5 Å². The van der Waals surface area contributed by atoms with Crippen LogP contribution in [0.4, 0.5) is 0 Å². The van der Waals surface area contributed by atoms with Crippen LogP contribution in [0.1, 0.15) is 19.5 Å². The molecule has 1 aromatic heterocycles. The zero-order chi connectivity index (χ0) is 13.0. The highest BCUT2D eigenvalue weighted by Gasteiger charge is 2.31. The van der Waals surface area contributed by atoms with Gasteiger partial charge in [0.2, 0.25) is 11.8 Å². The van der Waals surface area contributed by atoms with Crippen LogP contribution in [-0.4, -0.2) is 43.8 Å². The van der Waals surface area contributed by atoms with E-state index in [1.165, 1.54) is 12.5 Å². The Morgan fingerprint density at radius 2 is 2.00 bits per heavy atom. The maximum atomic E-state index is 11.3. The lowest BCUT2D eigenvalue weighted by atomic mass is 10.1. The monoisotopic (exact) mass is 239 g/mol. The molecule has 1 unspecified atom stereocenters. The molecular formula is C10H13N3O4. The van der Waals surface area contributed by atoms with E-state index in [1.807, 2.05) is 0 Å². The number of imidazole rings is 1. The van der Waals surface area contributed by atoms with Crippen molar-refractivity contribution in [1.82, 2.24) is 14.9 Å². The molecule has 0 aliphatic carbocycles. The first-order valence-electron chi connectivity index (χ1n) is 4.94. The third kappa shape index (κ3) is 3.13. The number of H-pyrrole nitrogens is 1. The molecule has 17 heavy (non-hydrogen) atoms. The first-order valence-corrected chi connectivity index (χ1v) is 4.94. The summed E-state index contributed by atoms with van der Waals surface area (Å²) in [6.45, 7) is 2.31. The molecule has 1 atom stereocenters. The third-order valence-corrected chi connectivity index (χ3v) is 2.24. The molecule has 0 aliphatic rings. The molecule has 2 N–H and O–H groups in total. The minimum Gasteiger partial charge on any atom is -0.480 e. The predicted molar refractivity (Wildman–Crippen MR) is 56.9 cm³/mol. The van der Waals surface area contributed by atoms with Crippen LogP contribution < -0.4 is 0 Å². The summed E-state index contributed by atoms with van der Waals surface area (Å²) in [4.78, 5) is 40.9. The van der Waals surface area contributed by atoms with Crippen molar-refractivity contribution in [3.63, 3.8) is 0 Å². The Labute approximate surface area is 97.5 Å². The largest absolute Gasteiger partial charge is 0.480 e.